The molecule has 122 valence electrons. The molecule has 2 rings (SSSR count). The Hall–Kier alpha value is -1.79. The molecule has 6 heteroatoms. The standard InChI is InChI=1S/C17H17BrF2N2O/c1-22(2)16(11-4-3-5-13(19)8-11)10-21-17(23)14-9-12(18)6-7-15(14)20/h3-9,16H,10H2,1-2H3,(H,21,23)/t16-/m1/s1. The Labute approximate surface area is 142 Å². The number of likely N-dealkylation sites (N-methyl/N-ethyl adjacent to an activating group) is 1. The summed E-state index contributed by atoms with van der Waals surface area (Å²) >= 11 is 3.22. The van der Waals surface area contributed by atoms with E-state index in [9.17, 15) is 13.6 Å². The van der Waals surface area contributed by atoms with Crippen molar-refractivity contribution in [2.45, 2.75) is 6.04 Å². The lowest BCUT2D eigenvalue weighted by Gasteiger charge is -2.25. The third kappa shape index (κ3) is 4.59. The van der Waals surface area contributed by atoms with Gasteiger partial charge in [0.2, 0.25) is 0 Å². The van der Waals surface area contributed by atoms with Crippen LogP contribution in [0.2, 0.25) is 0 Å². The lowest BCUT2D eigenvalue weighted by Crippen LogP contribution is -2.35. The molecule has 1 N–H and O–H groups in total. The average Bonchev–Trinajstić information content (AvgIpc) is 2.49. The van der Waals surface area contributed by atoms with Crippen molar-refractivity contribution in [2.24, 2.45) is 0 Å². The number of amides is 1. The van der Waals surface area contributed by atoms with E-state index < -0.39 is 11.7 Å². The maximum atomic E-state index is 13.7. The largest absolute Gasteiger partial charge is 0.350 e. The molecule has 0 aliphatic carbocycles. The normalized spacial score (nSPS) is 12.3. The smallest absolute Gasteiger partial charge is 0.254 e. The Bertz CT molecular complexity index is 707. The van der Waals surface area contributed by atoms with Crippen LogP contribution in [0.3, 0.4) is 0 Å². The topological polar surface area (TPSA) is 32.3 Å². The highest BCUT2D eigenvalue weighted by Crippen LogP contribution is 2.19. The third-order valence-electron chi connectivity index (χ3n) is 3.49. The summed E-state index contributed by atoms with van der Waals surface area (Å²) in [6.07, 6.45) is 0. The Morgan fingerprint density at radius 1 is 1.22 bits per heavy atom. The SMILES string of the molecule is CN(C)[C@H](CNC(=O)c1cc(Br)ccc1F)c1cccc(F)c1. The number of hydrogen-bond donors (Lipinski definition) is 1. The van der Waals surface area contributed by atoms with Crippen LogP contribution in [0.25, 0.3) is 0 Å². The first-order valence-corrected chi connectivity index (χ1v) is 7.83. The molecule has 0 spiro atoms. The predicted octanol–water partition coefficient (Wildman–Crippen LogP) is 3.76. The van der Waals surface area contributed by atoms with E-state index in [1.807, 2.05) is 19.0 Å². The van der Waals surface area contributed by atoms with Gasteiger partial charge >= 0.3 is 0 Å². The van der Waals surface area contributed by atoms with E-state index in [0.29, 0.717) is 4.47 Å². The summed E-state index contributed by atoms with van der Waals surface area (Å²) < 4.78 is 27.8. The van der Waals surface area contributed by atoms with Crippen molar-refractivity contribution in [3.63, 3.8) is 0 Å². The molecule has 0 unspecified atom stereocenters. The molecule has 2 aromatic carbocycles. The van der Waals surface area contributed by atoms with Gasteiger partial charge in [0.25, 0.3) is 5.91 Å². The fraction of sp³-hybridized carbons (Fsp3) is 0.235. The monoisotopic (exact) mass is 382 g/mol. The van der Waals surface area contributed by atoms with Crippen LogP contribution in [0, 0.1) is 11.6 Å². The highest BCUT2D eigenvalue weighted by molar-refractivity contribution is 9.10. The molecule has 0 bridgehead atoms. The van der Waals surface area contributed by atoms with Crippen LogP contribution in [0.15, 0.2) is 46.9 Å². The lowest BCUT2D eigenvalue weighted by atomic mass is 10.1. The number of rotatable bonds is 5. The molecule has 1 amide bonds. The van der Waals surface area contributed by atoms with E-state index in [2.05, 4.69) is 21.2 Å². The number of hydrogen-bond acceptors (Lipinski definition) is 2. The Morgan fingerprint density at radius 3 is 2.61 bits per heavy atom. The van der Waals surface area contributed by atoms with E-state index in [4.69, 9.17) is 0 Å². The minimum atomic E-state index is -0.585. The third-order valence-corrected chi connectivity index (χ3v) is 3.98. The highest BCUT2D eigenvalue weighted by Gasteiger charge is 2.18. The second kappa shape index (κ2) is 7.66. The maximum Gasteiger partial charge on any atom is 0.254 e. The van der Waals surface area contributed by atoms with Crippen LogP contribution in [0.4, 0.5) is 8.78 Å². The van der Waals surface area contributed by atoms with Crippen LogP contribution < -0.4 is 5.32 Å². The van der Waals surface area contributed by atoms with Gasteiger partial charge in [0.15, 0.2) is 0 Å². The second-order valence-corrected chi connectivity index (χ2v) is 6.28. The number of nitrogens with zero attached hydrogens (tertiary/aromatic N) is 1. The first-order valence-electron chi connectivity index (χ1n) is 7.03. The minimum absolute atomic E-state index is 0.0314. The summed E-state index contributed by atoms with van der Waals surface area (Å²) in [6.45, 7) is 0.237. The summed E-state index contributed by atoms with van der Waals surface area (Å²) in [5.41, 5.74) is 0.709. The molecule has 0 aromatic heterocycles. The Kier molecular flexibility index (Phi) is 5.85. The van der Waals surface area contributed by atoms with E-state index >= 15 is 0 Å². The fourth-order valence-corrected chi connectivity index (χ4v) is 2.63. The van der Waals surface area contributed by atoms with Crippen LogP contribution in [-0.2, 0) is 0 Å². The quantitative estimate of drug-likeness (QED) is 0.853. The molecule has 2 aromatic rings. The summed E-state index contributed by atoms with van der Waals surface area (Å²) in [5, 5.41) is 2.70. The van der Waals surface area contributed by atoms with Crippen molar-refractivity contribution in [1.29, 1.82) is 0 Å². The molecule has 0 saturated heterocycles. The van der Waals surface area contributed by atoms with Gasteiger partial charge in [0.05, 0.1) is 11.6 Å². The fourth-order valence-electron chi connectivity index (χ4n) is 2.27. The zero-order valence-electron chi connectivity index (χ0n) is 12.8. The van der Waals surface area contributed by atoms with Crippen molar-refractivity contribution >= 4 is 21.8 Å². The molecule has 1 atom stereocenters. The van der Waals surface area contributed by atoms with Crippen molar-refractivity contribution < 1.29 is 13.6 Å². The van der Waals surface area contributed by atoms with Gasteiger partial charge in [-0.15, -0.1) is 0 Å². The second-order valence-electron chi connectivity index (χ2n) is 5.37. The molecule has 3 nitrogen and oxygen atoms in total. The van der Waals surface area contributed by atoms with Crippen LogP contribution in [-0.4, -0.2) is 31.4 Å². The first kappa shape index (κ1) is 17.6. The van der Waals surface area contributed by atoms with Gasteiger partial charge in [-0.2, -0.15) is 0 Å². The predicted molar refractivity (Wildman–Crippen MR) is 89.3 cm³/mol. The van der Waals surface area contributed by atoms with Crippen LogP contribution in [0.1, 0.15) is 22.0 Å². The van der Waals surface area contributed by atoms with Crippen molar-refractivity contribution in [2.75, 3.05) is 20.6 Å². The molecular formula is C17H17BrF2N2O. The zero-order chi connectivity index (χ0) is 17.0. The molecule has 23 heavy (non-hydrogen) atoms. The number of benzene rings is 2. The molecular weight excluding hydrogens is 366 g/mol. The minimum Gasteiger partial charge on any atom is -0.350 e. The molecule has 0 saturated carbocycles. The molecule has 0 heterocycles. The molecule has 0 fully saturated rings. The number of carbonyl (C=O) groups excluding carboxylic acids is 1. The zero-order valence-corrected chi connectivity index (χ0v) is 14.4. The summed E-state index contributed by atoms with van der Waals surface area (Å²) in [6, 6.07) is 10.2. The van der Waals surface area contributed by atoms with Crippen molar-refractivity contribution in [3.8, 4) is 0 Å². The van der Waals surface area contributed by atoms with Crippen molar-refractivity contribution in [3.05, 3.63) is 69.7 Å². The van der Waals surface area contributed by atoms with Crippen molar-refractivity contribution in [1.82, 2.24) is 10.2 Å². The van der Waals surface area contributed by atoms with Gasteiger partial charge in [-0.3, -0.25) is 4.79 Å². The van der Waals surface area contributed by atoms with Crippen LogP contribution in [0.5, 0.6) is 0 Å². The summed E-state index contributed by atoms with van der Waals surface area (Å²) in [7, 11) is 3.67. The van der Waals surface area contributed by atoms with Gasteiger partial charge in [-0.1, -0.05) is 28.1 Å². The Morgan fingerprint density at radius 2 is 1.96 bits per heavy atom. The number of carbonyl (C=O) groups is 1. The van der Waals surface area contributed by atoms with Gasteiger partial charge in [-0.05, 0) is 50.0 Å². The van der Waals surface area contributed by atoms with E-state index in [1.54, 1.807) is 12.1 Å². The van der Waals surface area contributed by atoms with Gasteiger partial charge in [0.1, 0.15) is 11.6 Å². The molecule has 0 aliphatic rings. The first-order chi connectivity index (χ1) is 10.9. The summed E-state index contributed by atoms with van der Waals surface area (Å²) in [4.78, 5) is 14.0. The number of halogens is 3. The summed E-state index contributed by atoms with van der Waals surface area (Å²) in [5.74, 6) is -1.43. The van der Waals surface area contributed by atoms with E-state index in [-0.39, 0.29) is 24.0 Å². The van der Waals surface area contributed by atoms with Crippen LogP contribution >= 0.6 is 15.9 Å². The molecule has 0 aliphatic heterocycles. The molecule has 0 radical (unpaired) electrons. The number of nitrogens with one attached hydrogen (secondary N) is 1. The van der Waals surface area contributed by atoms with E-state index in [0.717, 1.165) is 5.56 Å². The lowest BCUT2D eigenvalue weighted by molar-refractivity contribution is 0.0938. The Balaban J connectivity index is 2.13. The van der Waals surface area contributed by atoms with Gasteiger partial charge < -0.3 is 10.2 Å². The van der Waals surface area contributed by atoms with E-state index in [1.165, 1.54) is 30.3 Å². The van der Waals surface area contributed by atoms with Gasteiger partial charge in [0, 0.05) is 11.0 Å². The highest BCUT2D eigenvalue weighted by atomic mass is 79.9. The maximum absolute atomic E-state index is 13.7. The van der Waals surface area contributed by atoms with Gasteiger partial charge in [-0.25, -0.2) is 8.78 Å². The average molecular weight is 383 g/mol.